The summed E-state index contributed by atoms with van der Waals surface area (Å²) in [5.41, 5.74) is 1.91. The normalized spacial score (nSPS) is 15.9. The average Bonchev–Trinajstić information content (AvgIpc) is 3.13. The largest absolute Gasteiger partial charge is 0.353 e. The minimum Gasteiger partial charge on any atom is -0.353 e. The molecule has 0 spiro atoms. The first-order valence-corrected chi connectivity index (χ1v) is 9.26. The van der Waals surface area contributed by atoms with Crippen molar-refractivity contribution in [2.24, 2.45) is 0 Å². The Kier molecular flexibility index (Phi) is 4.05. The summed E-state index contributed by atoms with van der Waals surface area (Å²) in [5, 5.41) is 16.4. The Bertz CT molecular complexity index is 840. The Morgan fingerprint density at radius 1 is 1.08 bits per heavy atom. The van der Waals surface area contributed by atoms with E-state index >= 15 is 0 Å². The van der Waals surface area contributed by atoms with Crippen LogP contribution in [-0.2, 0) is 6.42 Å². The molecule has 1 aliphatic heterocycles. The van der Waals surface area contributed by atoms with E-state index in [0.29, 0.717) is 0 Å². The number of thiazole rings is 1. The van der Waals surface area contributed by atoms with Gasteiger partial charge in [-0.25, -0.2) is 4.98 Å². The standard InChI is InChI=1S/C16H21N7S/c1-3-13-18-19-14-5-6-15(20-23(13)14)21-7-4-8-22(10-9-21)16-17-12(2)11-24-16/h5-6,11H,3-4,7-10H2,1-2H3. The number of rotatable bonds is 3. The van der Waals surface area contributed by atoms with Gasteiger partial charge in [0.1, 0.15) is 5.82 Å². The first-order chi connectivity index (χ1) is 11.7. The van der Waals surface area contributed by atoms with Crippen LogP contribution in [0.3, 0.4) is 0 Å². The summed E-state index contributed by atoms with van der Waals surface area (Å²) in [6, 6.07) is 4.05. The molecule has 0 N–H and O–H groups in total. The molecule has 0 aromatic carbocycles. The highest BCUT2D eigenvalue weighted by atomic mass is 32.1. The van der Waals surface area contributed by atoms with Gasteiger partial charge in [-0.15, -0.1) is 26.6 Å². The van der Waals surface area contributed by atoms with Crippen LogP contribution in [-0.4, -0.2) is 51.0 Å². The van der Waals surface area contributed by atoms with Gasteiger partial charge < -0.3 is 9.80 Å². The van der Waals surface area contributed by atoms with Crippen LogP contribution in [0.1, 0.15) is 24.9 Å². The summed E-state index contributed by atoms with van der Waals surface area (Å²) in [5.74, 6) is 1.90. The van der Waals surface area contributed by atoms with Gasteiger partial charge in [0.2, 0.25) is 0 Å². The minimum atomic E-state index is 0.810. The molecule has 1 fully saturated rings. The summed E-state index contributed by atoms with van der Waals surface area (Å²) in [4.78, 5) is 9.35. The number of hydrogen-bond donors (Lipinski definition) is 0. The van der Waals surface area contributed by atoms with Crippen molar-refractivity contribution in [2.45, 2.75) is 26.7 Å². The Morgan fingerprint density at radius 3 is 2.71 bits per heavy atom. The molecule has 3 aromatic heterocycles. The van der Waals surface area contributed by atoms with Crippen LogP contribution >= 0.6 is 11.3 Å². The summed E-state index contributed by atoms with van der Waals surface area (Å²) in [6.07, 6.45) is 1.93. The molecule has 4 heterocycles. The first-order valence-electron chi connectivity index (χ1n) is 8.38. The maximum Gasteiger partial charge on any atom is 0.185 e. The molecule has 8 heteroatoms. The van der Waals surface area contributed by atoms with Gasteiger partial charge in [0.25, 0.3) is 0 Å². The predicted molar refractivity (Wildman–Crippen MR) is 96.1 cm³/mol. The zero-order valence-corrected chi connectivity index (χ0v) is 14.8. The minimum absolute atomic E-state index is 0.810. The molecule has 3 aromatic rings. The molecule has 0 atom stereocenters. The van der Waals surface area contributed by atoms with E-state index in [1.54, 1.807) is 11.3 Å². The summed E-state index contributed by atoms with van der Waals surface area (Å²) >= 11 is 1.73. The lowest BCUT2D eigenvalue weighted by Crippen LogP contribution is -2.31. The summed E-state index contributed by atoms with van der Waals surface area (Å²) in [6.45, 7) is 8.08. The molecule has 0 radical (unpaired) electrons. The Balaban J connectivity index is 1.54. The van der Waals surface area contributed by atoms with Crippen LogP contribution in [0.25, 0.3) is 5.65 Å². The maximum atomic E-state index is 4.76. The van der Waals surface area contributed by atoms with Crippen LogP contribution in [0.2, 0.25) is 0 Å². The fraction of sp³-hybridized carbons (Fsp3) is 0.500. The molecule has 0 saturated carbocycles. The molecule has 0 bridgehead atoms. The van der Waals surface area contributed by atoms with E-state index in [0.717, 1.165) is 67.1 Å². The number of aromatic nitrogens is 5. The molecule has 1 aliphatic rings. The number of hydrogen-bond acceptors (Lipinski definition) is 7. The van der Waals surface area contributed by atoms with Crippen LogP contribution in [0.4, 0.5) is 10.9 Å². The van der Waals surface area contributed by atoms with Crippen molar-refractivity contribution < 1.29 is 0 Å². The molecule has 0 aliphatic carbocycles. The van der Waals surface area contributed by atoms with Crippen molar-refractivity contribution in [3.05, 3.63) is 29.0 Å². The third-order valence-electron chi connectivity index (χ3n) is 4.33. The van der Waals surface area contributed by atoms with E-state index in [4.69, 9.17) is 5.10 Å². The second kappa shape index (κ2) is 6.35. The first kappa shape index (κ1) is 15.3. The SMILES string of the molecule is CCc1nnc2ccc(N3CCCN(c4nc(C)cs4)CC3)nn12. The van der Waals surface area contributed by atoms with E-state index in [2.05, 4.69) is 37.3 Å². The van der Waals surface area contributed by atoms with Gasteiger partial charge in [0, 0.05) is 38.0 Å². The fourth-order valence-electron chi connectivity index (χ4n) is 3.04. The second-order valence-corrected chi connectivity index (χ2v) is 6.87. The molecule has 1 saturated heterocycles. The van der Waals surface area contributed by atoms with Gasteiger partial charge in [-0.3, -0.25) is 0 Å². The van der Waals surface area contributed by atoms with Gasteiger partial charge in [-0.2, -0.15) is 4.52 Å². The van der Waals surface area contributed by atoms with E-state index in [-0.39, 0.29) is 0 Å². The lowest BCUT2D eigenvalue weighted by Gasteiger charge is -2.22. The molecule has 24 heavy (non-hydrogen) atoms. The lowest BCUT2D eigenvalue weighted by atomic mass is 10.3. The molecular formula is C16H21N7S. The van der Waals surface area contributed by atoms with Crippen molar-refractivity contribution in [2.75, 3.05) is 36.0 Å². The van der Waals surface area contributed by atoms with E-state index in [1.807, 2.05) is 23.6 Å². The number of aryl methyl sites for hydroxylation is 2. The van der Waals surface area contributed by atoms with Crippen molar-refractivity contribution in [1.82, 2.24) is 24.8 Å². The molecule has 0 amide bonds. The molecule has 7 nitrogen and oxygen atoms in total. The van der Waals surface area contributed by atoms with Crippen molar-refractivity contribution in [3.8, 4) is 0 Å². The van der Waals surface area contributed by atoms with Crippen molar-refractivity contribution in [1.29, 1.82) is 0 Å². The van der Waals surface area contributed by atoms with Gasteiger partial charge in [0.15, 0.2) is 16.6 Å². The third kappa shape index (κ3) is 2.82. The fourth-order valence-corrected chi connectivity index (χ4v) is 3.89. The summed E-state index contributed by atoms with van der Waals surface area (Å²) in [7, 11) is 0. The second-order valence-electron chi connectivity index (χ2n) is 6.03. The molecule has 126 valence electrons. The highest BCUT2D eigenvalue weighted by Crippen LogP contribution is 2.22. The Hall–Kier alpha value is -2.22. The monoisotopic (exact) mass is 343 g/mol. The molecule has 4 rings (SSSR count). The molecular weight excluding hydrogens is 322 g/mol. The predicted octanol–water partition coefficient (Wildman–Crippen LogP) is 2.17. The smallest absolute Gasteiger partial charge is 0.185 e. The van der Waals surface area contributed by atoms with Gasteiger partial charge in [-0.1, -0.05) is 6.92 Å². The van der Waals surface area contributed by atoms with Crippen LogP contribution in [0, 0.1) is 6.92 Å². The number of anilines is 2. The van der Waals surface area contributed by atoms with Gasteiger partial charge in [0.05, 0.1) is 5.69 Å². The molecule has 0 unspecified atom stereocenters. The van der Waals surface area contributed by atoms with E-state index < -0.39 is 0 Å². The highest BCUT2D eigenvalue weighted by molar-refractivity contribution is 7.13. The topological polar surface area (TPSA) is 62.5 Å². The summed E-state index contributed by atoms with van der Waals surface area (Å²) < 4.78 is 1.86. The van der Waals surface area contributed by atoms with Gasteiger partial charge in [-0.05, 0) is 25.5 Å². The Morgan fingerprint density at radius 2 is 1.92 bits per heavy atom. The van der Waals surface area contributed by atoms with Crippen LogP contribution in [0.15, 0.2) is 17.5 Å². The average molecular weight is 343 g/mol. The zero-order valence-electron chi connectivity index (χ0n) is 14.0. The van der Waals surface area contributed by atoms with E-state index in [9.17, 15) is 0 Å². The number of fused-ring (bicyclic) bond motifs is 1. The van der Waals surface area contributed by atoms with Crippen molar-refractivity contribution in [3.63, 3.8) is 0 Å². The zero-order chi connectivity index (χ0) is 16.5. The van der Waals surface area contributed by atoms with Gasteiger partial charge >= 0.3 is 0 Å². The maximum absolute atomic E-state index is 4.76. The van der Waals surface area contributed by atoms with Crippen LogP contribution in [0.5, 0.6) is 0 Å². The highest BCUT2D eigenvalue weighted by Gasteiger charge is 2.19. The third-order valence-corrected chi connectivity index (χ3v) is 5.35. The Labute approximate surface area is 144 Å². The quantitative estimate of drug-likeness (QED) is 0.726. The van der Waals surface area contributed by atoms with Crippen molar-refractivity contribution >= 4 is 27.9 Å². The van der Waals surface area contributed by atoms with E-state index in [1.165, 1.54) is 0 Å². The van der Waals surface area contributed by atoms with Crippen LogP contribution < -0.4 is 9.80 Å². The number of nitrogens with zero attached hydrogens (tertiary/aromatic N) is 7. The lowest BCUT2D eigenvalue weighted by molar-refractivity contribution is 0.758.